The number of aryl methyl sites for hydroxylation is 2. The zero-order valence-corrected chi connectivity index (χ0v) is 18.1. The number of fused-ring (bicyclic) bond motifs is 2. The van der Waals surface area contributed by atoms with E-state index in [9.17, 15) is 14.4 Å². The van der Waals surface area contributed by atoms with Crippen molar-refractivity contribution in [2.75, 3.05) is 0 Å². The van der Waals surface area contributed by atoms with Gasteiger partial charge in [0, 0.05) is 24.2 Å². The Morgan fingerprint density at radius 3 is 2.70 bits per heavy atom. The first-order valence-electron chi connectivity index (χ1n) is 10.3. The number of para-hydroxylation sites is 1. The predicted octanol–water partition coefficient (Wildman–Crippen LogP) is 1.60. The average Bonchev–Trinajstić information content (AvgIpc) is 3.41. The quantitative estimate of drug-likeness (QED) is 0.390. The number of aromatic nitrogens is 6. The number of nitrogens with zero attached hydrogens (tertiary/aromatic N) is 6. The number of ketones is 1. The van der Waals surface area contributed by atoms with Crippen molar-refractivity contribution in [2.24, 2.45) is 7.05 Å². The van der Waals surface area contributed by atoms with Gasteiger partial charge in [-0.15, -0.1) is 0 Å². The fourth-order valence-electron chi connectivity index (χ4n) is 3.89. The Kier molecular flexibility index (Phi) is 4.97. The first kappa shape index (κ1) is 20.6. The van der Waals surface area contributed by atoms with Gasteiger partial charge in [0.25, 0.3) is 5.56 Å². The van der Waals surface area contributed by atoms with Crippen LogP contribution < -0.4 is 11.2 Å². The molecule has 0 aliphatic carbocycles. The molecule has 0 aliphatic rings. The second kappa shape index (κ2) is 7.97. The zero-order valence-electron chi connectivity index (χ0n) is 18.1. The minimum absolute atomic E-state index is 0.0427. The highest BCUT2D eigenvalue weighted by Crippen LogP contribution is 2.13. The zero-order chi connectivity index (χ0) is 23.1. The van der Waals surface area contributed by atoms with Gasteiger partial charge in [0.1, 0.15) is 11.5 Å². The lowest BCUT2D eigenvalue weighted by Gasteiger charge is -2.09. The topological polar surface area (TPSA) is 118 Å². The third-order valence-corrected chi connectivity index (χ3v) is 5.48. The van der Waals surface area contributed by atoms with Crippen LogP contribution in [-0.4, -0.2) is 34.6 Å². The summed E-state index contributed by atoms with van der Waals surface area (Å²) in [4.78, 5) is 47.5. The van der Waals surface area contributed by atoms with E-state index in [-0.39, 0.29) is 36.5 Å². The average molecular weight is 444 g/mol. The Balaban J connectivity index is 1.47. The fourth-order valence-corrected chi connectivity index (χ4v) is 3.89. The third kappa shape index (κ3) is 3.75. The molecular weight excluding hydrogens is 424 g/mol. The molecule has 0 radical (unpaired) electrons. The summed E-state index contributed by atoms with van der Waals surface area (Å²) in [6, 6.07) is 13.1. The molecule has 0 unspecified atom stereocenters. The first-order valence-corrected chi connectivity index (χ1v) is 10.3. The third-order valence-electron chi connectivity index (χ3n) is 5.48. The molecule has 5 rings (SSSR count). The highest BCUT2D eigenvalue weighted by Gasteiger charge is 2.19. The van der Waals surface area contributed by atoms with Gasteiger partial charge in [-0.25, -0.2) is 9.78 Å². The van der Waals surface area contributed by atoms with Gasteiger partial charge in [-0.05, 0) is 19.1 Å². The standard InChI is InChI=1S/C23H20N6O4/c1-14-9-17(26-33-14)11-29-22(31)20-21(27(2)23(29)32)24-13-28(20)12-18(30)10-16-8-7-15-5-3-4-6-19(15)25-16/h3-9,13H,10-12H2,1-2H3. The second-order valence-corrected chi connectivity index (χ2v) is 7.92. The lowest BCUT2D eigenvalue weighted by molar-refractivity contribution is -0.119. The summed E-state index contributed by atoms with van der Waals surface area (Å²) < 4.78 is 8.86. The summed E-state index contributed by atoms with van der Waals surface area (Å²) >= 11 is 0. The monoisotopic (exact) mass is 444 g/mol. The van der Waals surface area contributed by atoms with E-state index in [1.165, 1.54) is 22.5 Å². The van der Waals surface area contributed by atoms with Crippen molar-refractivity contribution < 1.29 is 9.32 Å². The van der Waals surface area contributed by atoms with Gasteiger partial charge < -0.3 is 9.09 Å². The summed E-state index contributed by atoms with van der Waals surface area (Å²) in [6.07, 6.45) is 1.52. The predicted molar refractivity (Wildman–Crippen MR) is 120 cm³/mol. The number of hydrogen-bond donors (Lipinski definition) is 0. The van der Waals surface area contributed by atoms with E-state index < -0.39 is 11.2 Å². The van der Waals surface area contributed by atoms with Crippen molar-refractivity contribution in [3.8, 4) is 0 Å². The maximum atomic E-state index is 13.2. The number of rotatable bonds is 6. The number of benzene rings is 1. The summed E-state index contributed by atoms with van der Waals surface area (Å²) in [5.74, 6) is 0.442. The van der Waals surface area contributed by atoms with Gasteiger partial charge in [0.15, 0.2) is 16.9 Å². The van der Waals surface area contributed by atoms with Crippen molar-refractivity contribution in [3.05, 3.63) is 86.8 Å². The lowest BCUT2D eigenvalue weighted by Crippen LogP contribution is -2.40. The molecule has 33 heavy (non-hydrogen) atoms. The van der Waals surface area contributed by atoms with Crippen LogP contribution in [0.3, 0.4) is 0 Å². The molecule has 0 saturated carbocycles. The van der Waals surface area contributed by atoms with Crippen LogP contribution in [0, 0.1) is 6.92 Å². The summed E-state index contributed by atoms with van der Waals surface area (Å²) in [5.41, 5.74) is 1.25. The fraction of sp³-hybridized carbons (Fsp3) is 0.217. The Morgan fingerprint density at radius 1 is 1.09 bits per heavy atom. The molecule has 5 aromatic rings. The Hall–Kier alpha value is -4.34. The van der Waals surface area contributed by atoms with Crippen molar-refractivity contribution in [2.45, 2.75) is 26.4 Å². The molecule has 0 atom stereocenters. The molecule has 4 aromatic heterocycles. The van der Waals surface area contributed by atoms with Crippen molar-refractivity contribution in [3.63, 3.8) is 0 Å². The van der Waals surface area contributed by atoms with Crippen molar-refractivity contribution >= 4 is 27.9 Å². The smallest absolute Gasteiger partial charge is 0.332 e. The molecule has 4 heterocycles. The molecule has 0 saturated heterocycles. The molecule has 0 spiro atoms. The largest absolute Gasteiger partial charge is 0.361 e. The van der Waals surface area contributed by atoms with E-state index in [4.69, 9.17) is 4.52 Å². The molecule has 0 N–H and O–H groups in total. The Bertz CT molecular complexity index is 1640. The Morgan fingerprint density at radius 2 is 1.91 bits per heavy atom. The van der Waals surface area contributed by atoms with Gasteiger partial charge in [0.05, 0.1) is 31.4 Å². The van der Waals surface area contributed by atoms with Gasteiger partial charge in [-0.3, -0.25) is 23.7 Å². The summed E-state index contributed by atoms with van der Waals surface area (Å²) in [7, 11) is 1.53. The van der Waals surface area contributed by atoms with Gasteiger partial charge in [0.2, 0.25) is 0 Å². The van der Waals surface area contributed by atoms with Crippen LogP contribution >= 0.6 is 0 Å². The normalized spacial score (nSPS) is 11.5. The minimum Gasteiger partial charge on any atom is -0.361 e. The van der Waals surface area contributed by atoms with Gasteiger partial charge in [-0.1, -0.05) is 29.4 Å². The maximum absolute atomic E-state index is 13.2. The summed E-state index contributed by atoms with van der Waals surface area (Å²) in [6.45, 7) is 1.62. The van der Waals surface area contributed by atoms with Crippen LogP contribution in [0.2, 0.25) is 0 Å². The molecule has 0 aliphatic heterocycles. The molecule has 0 bridgehead atoms. The molecular formula is C23H20N6O4. The molecule has 1 aromatic carbocycles. The highest BCUT2D eigenvalue weighted by atomic mass is 16.5. The highest BCUT2D eigenvalue weighted by molar-refractivity contribution is 5.84. The molecule has 166 valence electrons. The first-order chi connectivity index (χ1) is 15.9. The second-order valence-electron chi connectivity index (χ2n) is 7.92. The van der Waals surface area contributed by atoms with E-state index in [0.717, 1.165) is 15.5 Å². The van der Waals surface area contributed by atoms with Crippen molar-refractivity contribution in [1.82, 2.24) is 28.8 Å². The maximum Gasteiger partial charge on any atom is 0.332 e. The number of carbonyl (C=O) groups is 1. The van der Waals surface area contributed by atoms with Crippen molar-refractivity contribution in [1.29, 1.82) is 0 Å². The molecule has 0 amide bonds. The van der Waals surface area contributed by atoms with E-state index in [1.807, 2.05) is 36.4 Å². The van der Waals surface area contributed by atoms with E-state index in [1.54, 1.807) is 13.0 Å². The van der Waals surface area contributed by atoms with E-state index in [0.29, 0.717) is 17.1 Å². The Labute approximate surface area is 186 Å². The minimum atomic E-state index is -0.539. The number of pyridine rings is 1. The molecule has 0 fully saturated rings. The number of hydrogen-bond acceptors (Lipinski definition) is 7. The van der Waals surface area contributed by atoms with Crippen LogP contribution in [-0.2, 0) is 31.4 Å². The SMILES string of the molecule is Cc1cc(Cn2c(=O)c3c(ncn3CC(=O)Cc3ccc4ccccc4n3)n(C)c2=O)no1. The van der Waals surface area contributed by atoms with Crippen LogP contribution in [0.25, 0.3) is 22.1 Å². The van der Waals surface area contributed by atoms with E-state index in [2.05, 4.69) is 15.1 Å². The van der Waals surface area contributed by atoms with Crippen LogP contribution in [0.5, 0.6) is 0 Å². The number of Topliss-reactive ketones (excluding diaryl/α,β-unsaturated/α-hetero) is 1. The van der Waals surface area contributed by atoms with Crippen LogP contribution in [0.4, 0.5) is 0 Å². The summed E-state index contributed by atoms with van der Waals surface area (Å²) in [5, 5.41) is 4.86. The molecule has 10 heteroatoms. The van der Waals surface area contributed by atoms with Gasteiger partial charge >= 0.3 is 5.69 Å². The molecule has 10 nitrogen and oxygen atoms in total. The number of carbonyl (C=O) groups excluding carboxylic acids is 1. The lowest BCUT2D eigenvalue weighted by atomic mass is 10.1. The van der Waals surface area contributed by atoms with Crippen LogP contribution in [0.1, 0.15) is 17.1 Å². The number of imidazole rings is 1. The van der Waals surface area contributed by atoms with Crippen LogP contribution in [0.15, 0.2) is 62.9 Å². The van der Waals surface area contributed by atoms with Gasteiger partial charge in [-0.2, -0.15) is 0 Å². The van der Waals surface area contributed by atoms with E-state index >= 15 is 0 Å².